The van der Waals surface area contributed by atoms with Crippen LogP contribution in [0.2, 0.25) is 0 Å². The molecule has 0 heterocycles. The van der Waals surface area contributed by atoms with Crippen molar-refractivity contribution < 1.29 is 19.8 Å². The third kappa shape index (κ3) is 4.32. The van der Waals surface area contributed by atoms with E-state index < -0.39 is 11.8 Å². The second-order valence-corrected chi connectivity index (χ2v) is 3.90. The van der Waals surface area contributed by atoms with Gasteiger partial charge in [-0.15, -0.1) is 0 Å². The first-order chi connectivity index (χ1) is 9.12. The molecule has 7 heteroatoms. The lowest BCUT2D eigenvalue weighted by Crippen LogP contribution is -2.43. The summed E-state index contributed by atoms with van der Waals surface area (Å²) >= 11 is 0. The summed E-state index contributed by atoms with van der Waals surface area (Å²) in [6.45, 7) is -0.0230. The van der Waals surface area contributed by atoms with Gasteiger partial charge in [0.05, 0.1) is 13.2 Å². The average Bonchev–Trinajstić information content (AvgIpc) is 2.45. The molecule has 0 aliphatic rings. The Balaban J connectivity index is 2.54. The van der Waals surface area contributed by atoms with Gasteiger partial charge in [0.2, 0.25) is 0 Å². The Morgan fingerprint density at radius 3 is 2.37 bits per heavy atom. The van der Waals surface area contributed by atoms with Crippen LogP contribution in [0.4, 0.5) is 0 Å². The number of carbonyl (C=O) groups excluding carboxylic acids is 2. The maximum absolute atomic E-state index is 11.1. The van der Waals surface area contributed by atoms with Gasteiger partial charge >= 0.3 is 11.8 Å². The molecule has 1 aromatic carbocycles. The molecule has 0 saturated carbocycles. The van der Waals surface area contributed by atoms with E-state index in [0.29, 0.717) is 17.5 Å². The Kier molecular flexibility index (Phi) is 5.94. The third-order valence-corrected chi connectivity index (χ3v) is 2.65. The summed E-state index contributed by atoms with van der Waals surface area (Å²) in [5.74, 6) is 3.12. The van der Waals surface area contributed by atoms with E-state index in [1.54, 1.807) is 23.6 Å². The summed E-state index contributed by atoms with van der Waals surface area (Å²) in [5.41, 5.74) is 3.93. The number of nitrogens with one attached hydrogen (secondary N) is 2. The van der Waals surface area contributed by atoms with E-state index in [1.807, 2.05) is 0 Å². The molecule has 19 heavy (non-hydrogen) atoms. The molecule has 0 aliphatic heterocycles. The van der Waals surface area contributed by atoms with Crippen molar-refractivity contribution in [2.45, 2.75) is 19.6 Å². The predicted molar refractivity (Wildman–Crippen MR) is 67.3 cm³/mol. The highest BCUT2D eigenvalue weighted by Crippen LogP contribution is 2.12. The van der Waals surface area contributed by atoms with Crippen LogP contribution in [0.15, 0.2) is 18.2 Å². The van der Waals surface area contributed by atoms with Gasteiger partial charge < -0.3 is 15.5 Å². The number of aliphatic hydroxyl groups is 2. The van der Waals surface area contributed by atoms with Crippen LogP contribution in [0.3, 0.4) is 0 Å². The Morgan fingerprint density at radius 2 is 1.79 bits per heavy atom. The zero-order chi connectivity index (χ0) is 14.3. The largest absolute Gasteiger partial charge is 0.392 e. The van der Waals surface area contributed by atoms with E-state index in [9.17, 15) is 9.59 Å². The SMILES string of the molecule is NNC(=O)C(=O)NCCc1ccc(CO)c(CO)c1. The van der Waals surface area contributed by atoms with Crippen molar-refractivity contribution in [1.29, 1.82) is 0 Å². The molecule has 0 atom stereocenters. The minimum absolute atomic E-state index is 0.135. The fraction of sp³-hybridized carbons (Fsp3) is 0.333. The van der Waals surface area contributed by atoms with Crippen molar-refractivity contribution in [2.75, 3.05) is 6.54 Å². The molecule has 0 unspecified atom stereocenters. The van der Waals surface area contributed by atoms with E-state index >= 15 is 0 Å². The molecule has 0 saturated heterocycles. The third-order valence-electron chi connectivity index (χ3n) is 2.65. The maximum atomic E-state index is 11.1. The van der Waals surface area contributed by atoms with Crippen molar-refractivity contribution in [3.8, 4) is 0 Å². The quantitative estimate of drug-likeness (QED) is 0.189. The van der Waals surface area contributed by atoms with Crippen LogP contribution in [0.25, 0.3) is 0 Å². The van der Waals surface area contributed by atoms with E-state index in [1.165, 1.54) is 0 Å². The number of hydrazine groups is 1. The highest BCUT2D eigenvalue weighted by Gasteiger charge is 2.10. The number of rotatable bonds is 5. The van der Waals surface area contributed by atoms with E-state index in [-0.39, 0.29) is 19.8 Å². The Bertz CT molecular complexity index is 462. The van der Waals surface area contributed by atoms with Crippen molar-refractivity contribution in [3.63, 3.8) is 0 Å². The van der Waals surface area contributed by atoms with Gasteiger partial charge in [0, 0.05) is 6.54 Å². The van der Waals surface area contributed by atoms with Crippen LogP contribution in [-0.4, -0.2) is 28.6 Å². The summed E-state index contributed by atoms with van der Waals surface area (Å²) in [6, 6.07) is 5.26. The van der Waals surface area contributed by atoms with E-state index in [0.717, 1.165) is 5.56 Å². The average molecular weight is 267 g/mol. The normalized spacial score (nSPS) is 10.1. The van der Waals surface area contributed by atoms with Crippen molar-refractivity contribution in [2.24, 2.45) is 5.84 Å². The van der Waals surface area contributed by atoms with Crippen molar-refractivity contribution >= 4 is 11.8 Å². The van der Waals surface area contributed by atoms with Gasteiger partial charge in [-0.3, -0.25) is 15.0 Å². The fourth-order valence-electron chi connectivity index (χ4n) is 1.60. The maximum Gasteiger partial charge on any atom is 0.323 e. The number of carbonyl (C=O) groups is 2. The molecular formula is C12H17N3O4. The lowest BCUT2D eigenvalue weighted by Gasteiger charge is -2.08. The number of benzene rings is 1. The summed E-state index contributed by atoms with van der Waals surface area (Å²) in [6.07, 6.45) is 0.502. The minimum Gasteiger partial charge on any atom is -0.392 e. The molecule has 1 rings (SSSR count). The lowest BCUT2D eigenvalue weighted by molar-refractivity contribution is -0.139. The standard InChI is InChI=1S/C12H17N3O4/c13-15-12(19)11(18)14-4-3-8-1-2-9(6-16)10(5-8)7-17/h1-2,5,16-17H,3-4,6-7,13H2,(H,14,18)(H,15,19). The van der Waals surface area contributed by atoms with E-state index in [4.69, 9.17) is 16.1 Å². The number of hydrogen-bond acceptors (Lipinski definition) is 5. The van der Waals surface area contributed by atoms with Gasteiger partial charge in [0.25, 0.3) is 0 Å². The second kappa shape index (κ2) is 7.47. The highest BCUT2D eigenvalue weighted by molar-refractivity contribution is 6.34. The van der Waals surface area contributed by atoms with Gasteiger partial charge in [-0.2, -0.15) is 0 Å². The number of hydrogen-bond donors (Lipinski definition) is 5. The molecule has 2 amide bonds. The predicted octanol–water partition coefficient (Wildman–Crippen LogP) is -1.68. The molecule has 0 fully saturated rings. The Hall–Kier alpha value is -1.96. The van der Waals surface area contributed by atoms with Crippen LogP contribution in [-0.2, 0) is 29.2 Å². The van der Waals surface area contributed by atoms with Gasteiger partial charge in [-0.25, -0.2) is 5.84 Å². The van der Waals surface area contributed by atoms with Crippen molar-refractivity contribution in [3.05, 3.63) is 34.9 Å². The highest BCUT2D eigenvalue weighted by atomic mass is 16.3. The minimum atomic E-state index is -0.897. The fourth-order valence-corrected chi connectivity index (χ4v) is 1.60. The molecule has 0 radical (unpaired) electrons. The topological polar surface area (TPSA) is 125 Å². The van der Waals surface area contributed by atoms with Crippen LogP contribution < -0.4 is 16.6 Å². The summed E-state index contributed by atoms with van der Waals surface area (Å²) < 4.78 is 0. The summed E-state index contributed by atoms with van der Waals surface area (Å²) in [4.78, 5) is 21.9. The molecule has 1 aromatic rings. The molecule has 7 nitrogen and oxygen atoms in total. The van der Waals surface area contributed by atoms with Gasteiger partial charge in [0.1, 0.15) is 0 Å². The second-order valence-electron chi connectivity index (χ2n) is 3.90. The van der Waals surface area contributed by atoms with E-state index in [2.05, 4.69) is 5.32 Å². The number of amides is 2. The Labute approximate surface area is 110 Å². The smallest absolute Gasteiger partial charge is 0.323 e. The van der Waals surface area contributed by atoms with Crippen LogP contribution >= 0.6 is 0 Å². The zero-order valence-corrected chi connectivity index (χ0v) is 10.3. The van der Waals surface area contributed by atoms with Gasteiger partial charge in [-0.05, 0) is 23.1 Å². The zero-order valence-electron chi connectivity index (χ0n) is 10.3. The van der Waals surface area contributed by atoms with Crippen LogP contribution in [0.1, 0.15) is 16.7 Å². The van der Waals surface area contributed by atoms with Crippen LogP contribution in [0.5, 0.6) is 0 Å². The lowest BCUT2D eigenvalue weighted by atomic mass is 10.0. The summed E-state index contributed by atoms with van der Waals surface area (Å²) in [5, 5.41) is 20.6. The molecule has 104 valence electrons. The first kappa shape index (κ1) is 15.1. The van der Waals surface area contributed by atoms with Crippen molar-refractivity contribution in [1.82, 2.24) is 10.7 Å². The molecule has 0 aliphatic carbocycles. The van der Waals surface area contributed by atoms with Crippen LogP contribution in [0, 0.1) is 0 Å². The first-order valence-electron chi connectivity index (χ1n) is 5.73. The molecular weight excluding hydrogens is 250 g/mol. The Morgan fingerprint density at radius 1 is 1.11 bits per heavy atom. The molecule has 0 spiro atoms. The first-order valence-corrected chi connectivity index (χ1v) is 5.73. The monoisotopic (exact) mass is 267 g/mol. The molecule has 0 bridgehead atoms. The van der Waals surface area contributed by atoms with Gasteiger partial charge in [0.15, 0.2) is 0 Å². The summed E-state index contributed by atoms with van der Waals surface area (Å²) in [7, 11) is 0. The number of nitrogens with two attached hydrogens (primary N) is 1. The van der Waals surface area contributed by atoms with Gasteiger partial charge in [-0.1, -0.05) is 18.2 Å². The number of aliphatic hydroxyl groups excluding tert-OH is 2. The molecule has 6 N–H and O–H groups in total. The molecule has 0 aromatic heterocycles.